The van der Waals surface area contributed by atoms with Gasteiger partial charge < -0.3 is 10.6 Å². The van der Waals surface area contributed by atoms with Gasteiger partial charge in [-0.25, -0.2) is 0 Å². The van der Waals surface area contributed by atoms with E-state index in [0.29, 0.717) is 5.41 Å². The average Bonchev–Trinajstić information content (AvgIpc) is 2.89. The van der Waals surface area contributed by atoms with Crippen molar-refractivity contribution in [3.8, 4) is 0 Å². The van der Waals surface area contributed by atoms with Gasteiger partial charge in [0.2, 0.25) is 0 Å². The lowest BCUT2D eigenvalue weighted by Crippen LogP contribution is -2.48. The van der Waals surface area contributed by atoms with E-state index < -0.39 is 0 Å². The van der Waals surface area contributed by atoms with Crippen LogP contribution in [0, 0.1) is 12.3 Å². The second-order valence-corrected chi connectivity index (χ2v) is 5.87. The smallest absolute Gasteiger partial charge is 0.0531 e. The van der Waals surface area contributed by atoms with Crippen molar-refractivity contribution >= 4 is 27.3 Å². The minimum Gasteiger partial charge on any atom is -0.398 e. The first-order valence-electron chi connectivity index (χ1n) is 5.40. The summed E-state index contributed by atoms with van der Waals surface area (Å²) in [4.78, 5) is 2.42. The number of aryl methyl sites for hydroxylation is 1. The Bertz CT molecular complexity index is 416. The van der Waals surface area contributed by atoms with Gasteiger partial charge in [0.1, 0.15) is 0 Å². The zero-order chi connectivity index (χ0) is 10.6. The van der Waals surface area contributed by atoms with Crippen molar-refractivity contribution in [2.45, 2.75) is 19.8 Å². The first-order chi connectivity index (χ1) is 7.10. The topological polar surface area (TPSA) is 29.3 Å². The lowest BCUT2D eigenvalue weighted by molar-refractivity contribution is 0.387. The molecule has 1 saturated carbocycles. The molecular formula is C12H15BrN2. The SMILES string of the molecule is Cc1cc(Br)c(N2CC3(CC3)C2)cc1N. The Hall–Kier alpha value is -0.700. The molecule has 1 aliphatic carbocycles. The van der Waals surface area contributed by atoms with E-state index in [0.717, 1.165) is 11.3 Å². The number of nitrogens with zero attached hydrogens (tertiary/aromatic N) is 1. The van der Waals surface area contributed by atoms with Gasteiger partial charge in [0.25, 0.3) is 0 Å². The number of anilines is 2. The summed E-state index contributed by atoms with van der Waals surface area (Å²) < 4.78 is 1.17. The first kappa shape index (κ1) is 9.52. The van der Waals surface area contributed by atoms with Crippen molar-refractivity contribution in [1.29, 1.82) is 0 Å². The van der Waals surface area contributed by atoms with Crippen LogP contribution in [-0.4, -0.2) is 13.1 Å². The third-order valence-electron chi connectivity index (χ3n) is 3.69. The second kappa shape index (κ2) is 2.91. The number of nitrogens with two attached hydrogens (primary N) is 1. The molecule has 0 bridgehead atoms. The summed E-state index contributed by atoms with van der Waals surface area (Å²) in [5.41, 5.74) is 9.93. The predicted molar refractivity (Wildman–Crippen MR) is 67.2 cm³/mol. The highest BCUT2D eigenvalue weighted by Crippen LogP contribution is 2.54. The molecule has 1 saturated heterocycles. The number of halogens is 1. The van der Waals surface area contributed by atoms with E-state index >= 15 is 0 Å². The van der Waals surface area contributed by atoms with E-state index in [9.17, 15) is 0 Å². The minimum atomic E-state index is 0.694. The third-order valence-corrected chi connectivity index (χ3v) is 4.32. The highest BCUT2D eigenvalue weighted by Gasteiger charge is 2.52. The summed E-state index contributed by atoms with van der Waals surface area (Å²) >= 11 is 3.62. The Morgan fingerprint density at radius 3 is 2.60 bits per heavy atom. The van der Waals surface area contributed by atoms with Gasteiger partial charge in [-0.05, 0) is 53.4 Å². The molecule has 2 nitrogen and oxygen atoms in total. The zero-order valence-electron chi connectivity index (χ0n) is 8.89. The number of rotatable bonds is 1. The average molecular weight is 267 g/mol. The van der Waals surface area contributed by atoms with Crippen LogP contribution in [0.3, 0.4) is 0 Å². The van der Waals surface area contributed by atoms with E-state index in [2.05, 4.69) is 33.0 Å². The number of hydrogen-bond acceptors (Lipinski definition) is 2. The number of benzene rings is 1. The van der Waals surface area contributed by atoms with Crippen molar-refractivity contribution in [3.05, 3.63) is 22.2 Å². The highest BCUT2D eigenvalue weighted by atomic mass is 79.9. The quantitative estimate of drug-likeness (QED) is 0.793. The minimum absolute atomic E-state index is 0.694. The molecule has 1 aliphatic heterocycles. The molecule has 0 aromatic heterocycles. The Kier molecular flexibility index (Phi) is 1.85. The summed E-state index contributed by atoms with van der Waals surface area (Å²) in [6.45, 7) is 4.48. The van der Waals surface area contributed by atoms with Crippen LogP contribution in [0.15, 0.2) is 16.6 Å². The fourth-order valence-corrected chi connectivity index (χ4v) is 3.06. The summed E-state index contributed by atoms with van der Waals surface area (Å²) in [7, 11) is 0. The van der Waals surface area contributed by atoms with Crippen molar-refractivity contribution in [2.75, 3.05) is 23.7 Å². The largest absolute Gasteiger partial charge is 0.398 e. The molecule has 15 heavy (non-hydrogen) atoms. The Labute approximate surface area is 98.6 Å². The number of hydrogen-bond donors (Lipinski definition) is 1. The molecule has 2 fully saturated rings. The van der Waals surface area contributed by atoms with Gasteiger partial charge in [0.15, 0.2) is 0 Å². The van der Waals surface area contributed by atoms with E-state index in [-0.39, 0.29) is 0 Å². The van der Waals surface area contributed by atoms with Gasteiger partial charge in [-0.1, -0.05) is 0 Å². The van der Waals surface area contributed by atoms with Crippen molar-refractivity contribution in [3.63, 3.8) is 0 Å². The maximum atomic E-state index is 5.94. The zero-order valence-corrected chi connectivity index (χ0v) is 10.5. The maximum absolute atomic E-state index is 5.94. The first-order valence-corrected chi connectivity index (χ1v) is 6.20. The van der Waals surface area contributed by atoms with E-state index in [4.69, 9.17) is 5.73 Å². The fraction of sp³-hybridized carbons (Fsp3) is 0.500. The van der Waals surface area contributed by atoms with Crippen molar-refractivity contribution in [2.24, 2.45) is 5.41 Å². The Balaban J connectivity index is 1.88. The molecule has 0 amide bonds. The predicted octanol–water partition coefficient (Wildman–Crippen LogP) is 2.94. The summed E-state index contributed by atoms with van der Waals surface area (Å²) in [5.74, 6) is 0. The molecule has 0 unspecified atom stereocenters. The Morgan fingerprint density at radius 2 is 2.00 bits per heavy atom. The lowest BCUT2D eigenvalue weighted by atomic mass is 9.96. The monoisotopic (exact) mass is 266 g/mol. The van der Waals surface area contributed by atoms with Crippen LogP contribution in [0.4, 0.5) is 11.4 Å². The van der Waals surface area contributed by atoms with Crippen LogP contribution in [0.25, 0.3) is 0 Å². The normalized spacial score (nSPS) is 21.6. The summed E-state index contributed by atoms with van der Waals surface area (Å²) in [5, 5.41) is 0. The molecule has 80 valence electrons. The molecule has 0 radical (unpaired) electrons. The van der Waals surface area contributed by atoms with Crippen LogP contribution >= 0.6 is 15.9 Å². The van der Waals surface area contributed by atoms with Crippen LogP contribution in [-0.2, 0) is 0 Å². The highest BCUT2D eigenvalue weighted by molar-refractivity contribution is 9.10. The Morgan fingerprint density at radius 1 is 1.33 bits per heavy atom. The molecule has 0 atom stereocenters. The maximum Gasteiger partial charge on any atom is 0.0531 e. The van der Waals surface area contributed by atoms with Gasteiger partial charge in [-0.3, -0.25) is 0 Å². The summed E-state index contributed by atoms with van der Waals surface area (Å²) in [6.07, 6.45) is 2.84. The van der Waals surface area contributed by atoms with E-state index in [1.807, 2.05) is 6.92 Å². The van der Waals surface area contributed by atoms with Crippen LogP contribution in [0.2, 0.25) is 0 Å². The van der Waals surface area contributed by atoms with Gasteiger partial charge in [0.05, 0.1) is 5.69 Å². The number of nitrogen functional groups attached to an aromatic ring is 1. The molecule has 3 rings (SSSR count). The van der Waals surface area contributed by atoms with Crippen molar-refractivity contribution in [1.82, 2.24) is 0 Å². The molecule has 2 aliphatic rings. The standard InChI is InChI=1S/C12H15BrN2/c1-8-4-9(13)11(5-10(8)14)15-6-12(7-15)2-3-12/h4-5H,2-3,6-7,14H2,1H3. The van der Waals surface area contributed by atoms with Gasteiger partial charge in [-0.15, -0.1) is 0 Å². The molecule has 1 aromatic rings. The second-order valence-electron chi connectivity index (χ2n) is 5.02. The molecule has 1 spiro atoms. The van der Waals surface area contributed by atoms with E-state index in [1.54, 1.807) is 0 Å². The lowest BCUT2D eigenvalue weighted by Gasteiger charge is -2.42. The molecule has 1 aromatic carbocycles. The third kappa shape index (κ3) is 1.44. The molecule has 1 heterocycles. The summed E-state index contributed by atoms with van der Waals surface area (Å²) in [6, 6.07) is 4.21. The van der Waals surface area contributed by atoms with Crippen LogP contribution in [0.5, 0.6) is 0 Å². The van der Waals surface area contributed by atoms with Gasteiger partial charge >= 0.3 is 0 Å². The molecule has 3 heteroatoms. The molecule has 2 N–H and O–H groups in total. The van der Waals surface area contributed by atoms with Gasteiger partial charge in [0, 0.05) is 28.7 Å². The van der Waals surface area contributed by atoms with Gasteiger partial charge in [-0.2, -0.15) is 0 Å². The molecular weight excluding hydrogens is 252 g/mol. The van der Waals surface area contributed by atoms with Crippen LogP contribution in [0.1, 0.15) is 18.4 Å². The van der Waals surface area contributed by atoms with E-state index in [1.165, 1.54) is 36.1 Å². The van der Waals surface area contributed by atoms with Crippen LogP contribution < -0.4 is 10.6 Å². The van der Waals surface area contributed by atoms with Crippen molar-refractivity contribution < 1.29 is 0 Å². The fourth-order valence-electron chi connectivity index (χ4n) is 2.35.